The number of hydrogen-bond donors (Lipinski definition) is 2. The number of carbonyl (C=O) groups is 1. The van der Waals surface area contributed by atoms with E-state index in [1.807, 2.05) is 6.92 Å². The fourth-order valence-electron chi connectivity index (χ4n) is 3.65. The maximum absolute atomic E-state index is 13.8. The minimum Gasteiger partial charge on any atom is -0.408 e. The Balaban J connectivity index is 1.35. The van der Waals surface area contributed by atoms with E-state index in [1.54, 1.807) is 30.3 Å². The minimum atomic E-state index is -0.532. The van der Waals surface area contributed by atoms with Gasteiger partial charge in [-0.1, -0.05) is 11.6 Å². The summed E-state index contributed by atoms with van der Waals surface area (Å²) in [5.41, 5.74) is 2.32. The van der Waals surface area contributed by atoms with Gasteiger partial charge in [-0.05, 0) is 37.3 Å². The van der Waals surface area contributed by atoms with Gasteiger partial charge in [-0.3, -0.25) is 14.7 Å². The number of nitrogens with one attached hydrogen (secondary N) is 2. The van der Waals surface area contributed by atoms with Crippen molar-refractivity contribution >= 4 is 40.0 Å². The molecule has 1 saturated heterocycles. The summed E-state index contributed by atoms with van der Waals surface area (Å²) in [5.74, 6) is -1.12. The van der Waals surface area contributed by atoms with Gasteiger partial charge in [0.05, 0.1) is 17.1 Å². The van der Waals surface area contributed by atoms with Crippen molar-refractivity contribution in [2.45, 2.75) is 13.0 Å². The number of aromatic amines is 1. The molecule has 2 heterocycles. The van der Waals surface area contributed by atoms with Crippen molar-refractivity contribution in [2.75, 3.05) is 36.4 Å². The maximum Gasteiger partial charge on any atom is 0.417 e. The fraction of sp³-hybridized carbons (Fsp3) is 0.300. The highest BCUT2D eigenvalue weighted by atomic mass is 35.5. The molecule has 0 bridgehead atoms. The van der Waals surface area contributed by atoms with Crippen LogP contribution in [-0.2, 0) is 4.79 Å². The first kappa shape index (κ1) is 19.5. The maximum atomic E-state index is 13.8. The molecule has 2 aromatic carbocycles. The van der Waals surface area contributed by atoms with E-state index >= 15 is 0 Å². The molecule has 3 aromatic rings. The van der Waals surface area contributed by atoms with Crippen LogP contribution >= 0.6 is 11.6 Å². The number of carbonyl (C=O) groups excluding carboxylic acids is 1. The quantitative estimate of drug-likeness (QED) is 0.680. The molecule has 2 N–H and O–H groups in total. The molecule has 1 atom stereocenters. The molecule has 29 heavy (non-hydrogen) atoms. The molecule has 0 spiro atoms. The van der Waals surface area contributed by atoms with Crippen LogP contribution in [0.3, 0.4) is 0 Å². The lowest BCUT2D eigenvalue weighted by molar-refractivity contribution is -0.117. The summed E-state index contributed by atoms with van der Waals surface area (Å²) < 4.78 is 18.8. The summed E-state index contributed by atoms with van der Waals surface area (Å²) in [6, 6.07) is 9.92. The standard InChI is InChI=1S/C20H20ClFN4O3/c1-12-10-25(6-7-26(12)14-3-4-15(21)16(22)9-14)11-19(27)23-13-2-5-17-18(8-13)29-20(28)24-17/h2-5,8-9,12H,6-7,10-11H2,1H3,(H,23,27)(H,24,28)/t12-/m1/s1. The molecule has 0 radical (unpaired) electrons. The SMILES string of the molecule is C[C@@H]1CN(CC(=O)Nc2ccc3[nH]c(=O)oc3c2)CCN1c1ccc(Cl)c(F)c1. The van der Waals surface area contributed by atoms with Crippen molar-refractivity contribution in [1.29, 1.82) is 0 Å². The summed E-state index contributed by atoms with van der Waals surface area (Å²) >= 11 is 5.77. The number of amides is 1. The second-order valence-electron chi connectivity index (χ2n) is 7.15. The van der Waals surface area contributed by atoms with Crippen LogP contribution in [-0.4, -0.2) is 48.0 Å². The van der Waals surface area contributed by atoms with Crippen molar-refractivity contribution in [3.05, 3.63) is 57.8 Å². The zero-order valence-corrected chi connectivity index (χ0v) is 16.5. The lowest BCUT2D eigenvalue weighted by Gasteiger charge is -2.41. The van der Waals surface area contributed by atoms with Gasteiger partial charge in [-0.15, -0.1) is 0 Å². The molecule has 0 aliphatic carbocycles. The van der Waals surface area contributed by atoms with Gasteiger partial charge in [0.15, 0.2) is 5.58 Å². The lowest BCUT2D eigenvalue weighted by atomic mass is 10.1. The van der Waals surface area contributed by atoms with Crippen LogP contribution < -0.4 is 16.0 Å². The van der Waals surface area contributed by atoms with Crippen LogP contribution in [0.1, 0.15) is 6.92 Å². The number of H-pyrrole nitrogens is 1. The fourth-order valence-corrected chi connectivity index (χ4v) is 3.77. The number of piperazine rings is 1. The highest BCUT2D eigenvalue weighted by Gasteiger charge is 2.25. The van der Waals surface area contributed by atoms with E-state index in [0.717, 1.165) is 5.69 Å². The van der Waals surface area contributed by atoms with Gasteiger partial charge in [-0.2, -0.15) is 0 Å². The van der Waals surface area contributed by atoms with Crippen LogP contribution in [0.4, 0.5) is 15.8 Å². The number of anilines is 2. The van der Waals surface area contributed by atoms with Crippen molar-refractivity contribution in [2.24, 2.45) is 0 Å². The molecular weight excluding hydrogens is 399 g/mol. The van der Waals surface area contributed by atoms with Crippen molar-refractivity contribution in [1.82, 2.24) is 9.88 Å². The van der Waals surface area contributed by atoms with E-state index in [-0.39, 0.29) is 23.5 Å². The van der Waals surface area contributed by atoms with Crippen molar-refractivity contribution in [3.8, 4) is 0 Å². The topological polar surface area (TPSA) is 81.6 Å². The van der Waals surface area contributed by atoms with Gasteiger partial charge >= 0.3 is 5.76 Å². The molecule has 0 saturated carbocycles. The number of halogens is 2. The van der Waals surface area contributed by atoms with Gasteiger partial charge in [0.25, 0.3) is 0 Å². The Morgan fingerprint density at radius 2 is 2.14 bits per heavy atom. The summed E-state index contributed by atoms with van der Waals surface area (Å²) in [6.45, 7) is 4.30. The summed E-state index contributed by atoms with van der Waals surface area (Å²) in [6.07, 6.45) is 0. The number of aromatic nitrogens is 1. The first-order valence-electron chi connectivity index (χ1n) is 9.26. The van der Waals surface area contributed by atoms with Gasteiger partial charge in [-0.25, -0.2) is 9.18 Å². The molecule has 152 valence electrons. The minimum absolute atomic E-state index is 0.105. The van der Waals surface area contributed by atoms with E-state index < -0.39 is 11.6 Å². The molecule has 4 rings (SSSR count). The zero-order valence-electron chi connectivity index (χ0n) is 15.7. The van der Waals surface area contributed by atoms with Crippen LogP contribution in [0.15, 0.2) is 45.6 Å². The first-order chi connectivity index (χ1) is 13.9. The Morgan fingerprint density at radius 3 is 2.90 bits per heavy atom. The molecule has 9 heteroatoms. The summed E-state index contributed by atoms with van der Waals surface area (Å²) in [7, 11) is 0. The van der Waals surface area contributed by atoms with Gasteiger partial charge < -0.3 is 14.6 Å². The second-order valence-corrected chi connectivity index (χ2v) is 7.56. The van der Waals surface area contributed by atoms with Gasteiger partial charge in [0, 0.05) is 43.1 Å². The molecule has 1 fully saturated rings. The molecule has 1 aliphatic rings. The van der Waals surface area contributed by atoms with E-state index in [9.17, 15) is 14.0 Å². The number of hydrogen-bond acceptors (Lipinski definition) is 5. The third-order valence-electron chi connectivity index (χ3n) is 5.02. The molecule has 1 amide bonds. The summed E-state index contributed by atoms with van der Waals surface area (Å²) in [5, 5.41) is 2.93. The van der Waals surface area contributed by atoms with Crippen LogP contribution in [0.25, 0.3) is 11.1 Å². The van der Waals surface area contributed by atoms with E-state index in [1.165, 1.54) is 6.07 Å². The number of benzene rings is 2. The zero-order chi connectivity index (χ0) is 20.5. The van der Waals surface area contributed by atoms with E-state index in [0.29, 0.717) is 36.4 Å². The average molecular weight is 419 g/mol. The van der Waals surface area contributed by atoms with E-state index in [2.05, 4.69) is 20.1 Å². The van der Waals surface area contributed by atoms with E-state index in [4.69, 9.17) is 16.0 Å². The number of nitrogens with zero attached hydrogens (tertiary/aromatic N) is 2. The number of fused-ring (bicyclic) bond motifs is 1. The predicted molar refractivity (Wildman–Crippen MR) is 110 cm³/mol. The molecular formula is C20H20ClFN4O3. The highest BCUT2D eigenvalue weighted by molar-refractivity contribution is 6.30. The third kappa shape index (κ3) is 4.28. The largest absolute Gasteiger partial charge is 0.417 e. The monoisotopic (exact) mass is 418 g/mol. The lowest BCUT2D eigenvalue weighted by Crippen LogP contribution is -2.53. The Kier molecular flexibility index (Phi) is 5.29. The van der Waals surface area contributed by atoms with Crippen molar-refractivity contribution in [3.63, 3.8) is 0 Å². The average Bonchev–Trinajstić information content (AvgIpc) is 3.03. The molecule has 1 aliphatic heterocycles. The second kappa shape index (κ2) is 7.88. The summed E-state index contributed by atoms with van der Waals surface area (Å²) in [4.78, 5) is 30.4. The molecule has 0 unspecified atom stereocenters. The molecule has 1 aromatic heterocycles. The normalized spacial score (nSPS) is 17.6. The van der Waals surface area contributed by atoms with Gasteiger partial charge in [0.1, 0.15) is 5.82 Å². The number of rotatable bonds is 4. The Hall–Kier alpha value is -2.84. The van der Waals surface area contributed by atoms with Crippen LogP contribution in [0, 0.1) is 5.82 Å². The van der Waals surface area contributed by atoms with Crippen LogP contribution in [0.2, 0.25) is 5.02 Å². The Bertz CT molecular complexity index is 1110. The molecule has 7 nitrogen and oxygen atoms in total. The predicted octanol–water partition coefficient (Wildman–Crippen LogP) is 3.06. The van der Waals surface area contributed by atoms with Gasteiger partial charge in [0.2, 0.25) is 5.91 Å². The number of oxazole rings is 1. The third-order valence-corrected chi connectivity index (χ3v) is 5.32. The Morgan fingerprint density at radius 1 is 1.31 bits per heavy atom. The van der Waals surface area contributed by atoms with Crippen molar-refractivity contribution < 1.29 is 13.6 Å². The Labute approximate surface area is 171 Å². The van der Waals surface area contributed by atoms with Crippen LogP contribution in [0.5, 0.6) is 0 Å². The first-order valence-corrected chi connectivity index (χ1v) is 9.63. The smallest absolute Gasteiger partial charge is 0.408 e. The highest BCUT2D eigenvalue weighted by Crippen LogP contribution is 2.25.